The van der Waals surface area contributed by atoms with Gasteiger partial charge in [0, 0.05) is 23.9 Å². The van der Waals surface area contributed by atoms with Gasteiger partial charge in [-0.2, -0.15) is 18.3 Å². The number of hydrogen-bond acceptors (Lipinski definition) is 5. The van der Waals surface area contributed by atoms with Crippen molar-refractivity contribution in [3.63, 3.8) is 0 Å². The number of halogens is 3. The zero-order chi connectivity index (χ0) is 22.5. The van der Waals surface area contributed by atoms with Gasteiger partial charge >= 0.3 is 6.18 Å². The van der Waals surface area contributed by atoms with E-state index in [-0.39, 0.29) is 6.04 Å². The number of aromatic nitrogens is 3. The number of nitrogens with zero attached hydrogens (tertiary/aromatic N) is 4. The Kier molecular flexibility index (Phi) is 4.78. The average molecular weight is 440 g/mol. The van der Waals surface area contributed by atoms with Gasteiger partial charge in [-0.1, -0.05) is 35.5 Å². The second-order valence-electron chi connectivity index (χ2n) is 7.75. The van der Waals surface area contributed by atoms with E-state index in [9.17, 15) is 18.3 Å². The van der Waals surface area contributed by atoms with Crippen LogP contribution in [0, 0.1) is 0 Å². The zero-order valence-corrected chi connectivity index (χ0v) is 17.0. The Hall–Kier alpha value is -3.59. The molecule has 2 aromatic carbocycles. The van der Waals surface area contributed by atoms with Gasteiger partial charge in [-0.25, -0.2) is 0 Å². The van der Waals surface area contributed by atoms with Crippen LogP contribution in [-0.4, -0.2) is 26.6 Å². The van der Waals surface area contributed by atoms with Gasteiger partial charge in [0.25, 0.3) is 0 Å². The average Bonchev–Trinajstić information content (AvgIpc) is 3.44. The quantitative estimate of drug-likeness (QED) is 0.469. The van der Waals surface area contributed by atoms with E-state index < -0.39 is 18.0 Å². The van der Waals surface area contributed by atoms with E-state index in [0.717, 1.165) is 17.7 Å². The number of benzene rings is 2. The summed E-state index contributed by atoms with van der Waals surface area (Å²) in [5, 5.41) is 19.7. The van der Waals surface area contributed by atoms with E-state index in [1.165, 1.54) is 12.1 Å². The maximum absolute atomic E-state index is 12.9. The predicted octanol–water partition coefficient (Wildman–Crippen LogP) is 5.30. The summed E-state index contributed by atoms with van der Waals surface area (Å²) >= 11 is 0. The second kappa shape index (κ2) is 7.52. The lowest BCUT2D eigenvalue weighted by Gasteiger charge is -2.38. The largest absolute Gasteiger partial charge is 0.416 e. The topological polar surface area (TPSA) is 67.3 Å². The zero-order valence-electron chi connectivity index (χ0n) is 17.0. The standard InChI is InChI=1S/C23H19F3N4O2/c1-14-13-29(17-9-7-16(8-10-17)23(24,25)26)22(31)21-18(12-27-30(14)21)20-11-19(28-32-20)15-5-3-2-4-6-15/h2-12,14,22,31H,13H2,1H3/t14-,22?/m0/s1. The molecule has 0 bridgehead atoms. The normalized spacial score (nSPS) is 18.6. The van der Waals surface area contributed by atoms with Crippen molar-refractivity contribution in [1.82, 2.24) is 14.9 Å². The number of fused-ring (bicyclic) bond motifs is 1. The van der Waals surface area contributed by atoms with Crippen molar-refractivity contribution in [2.45, 2.75) is 25.4 Å². The molecular formula is C23H19F3N4O2. The minimum Gasteiger partial charge on any atom is -0.368 e. The summed E-state index contributed by atoms with van der Waals surface area (Å²) in [4.78, 5) is 1.65. The van der Waals surface area contributed by atoms with Gasteiger partial charge in [-0.3, -0.25) is 4.68 Å². The molecule has 2 atom stereocenters. The second-order valence-corrected chi connectivity index (χ2v) is 7.75. The van der Waals surface area contributed by atoms with Crippen LogP contribution in [0.5, 0.6) is 0 Å². The van der Waals surface area contributed by atoms with E-state index in [0.29, 0.717) is 34.9 Å². The predicted molar refractivity (Wildman–Crippen MR) is 112 cm³/mol. The van der Waals surface area contributed by atoms with Crippen molar-refractivity contribution in [3.8, 4) is 22.6 Å². The number of aliphatic hydroxyl groups excluding tert-OH is 1. The Bertz CT molecular complexity index is 1230. The molecule has 9 heteroatoms. The van der Waals surface area contributed by atoms with Crippen LogP contribution in [0.1, 0.15) is 30.5 Å². The van der Waals surface area contributed by atoms with Gasteiger partial charge in [0.1, 0.15) is 5.69 Å². The van der Waals surface area contributed by atoms with Crippen LogP contribution < -0.4 is 4.90 Å². The Labute approximate surface area is 181 Å². The third kappa shape index (κ3) is 3.44. The fourth-order valence-electron chi connectivity index (χ4n) is 4.02. The van der Waals surface area contributed by atoms with Crippen molar-refractivity contribution in [3.05, 3.63) is 78.1 Å². The molecule has 6 nitrogen and oxygen atoms in total. The lowest BCUT2D eigenvalue weighted by molar-refractivity contribution is -0.137. The van der Waals surface area contributed by atoms with Gasteiger partial charge in [0.2, 0.25) is 0 Å². The minimum atomic E-state index is -4.42. The molecule has 164 valence electrons. The first-order valence-electron chi connectivity index (χ1n) is 10.0. The van der Waals surface area contributed by atoms with Crippen LogP contribution >= 0.6 is 0 Å². The highest BCUT2D eigenvalue weighted by atomic mass is 19.4. The van der Waals surface area contributed by atoms with Crippen molar-refractivity contribution in [1.29, 1.82) is 0 Å². The van der Waals surface area contributed by atoms with Gasteiger partial charge in [-0.15, -0.1) is 0 Å². The molecule has 0 saturated heterocycles. The van der Waals surface area contributed by atoms with Crippen molar-refractivity contribution in [2.75, 3.05) is 11.4 Å². The molecule has 0 amide bonds. The first kappa shape index (κ1) is 20.3. The molecule has 0 aliphatic carbocycles. The molecular weight excluding hydrogens is 421 g/mol. The lowest BCUT2D eigenvalue weighted by Crippen LogP contribution is -2.40. The first-order chi connectivity index (χ1) is 15.3. The molecule has 0 spiro atoms. The molecule has 1 aliphatic heterocycles. The molecule has 2 aromatic heterocycles. The molecule has 4 aromatic rings. The first-order valence-corrected chi connectivity index (χ1v) is 10.0. The molecule has 32 heavy (non-hydrogen) atoms. The van der Waals surface area contributed by atoms with Crippen LogP contribution in [0.15, 0.2) is 71.4 Å². The Morgan fingerprint density at radius 1 is 1.06 bits per heavy atom. The molecule has 0 radical (unpaired) electrons. The Morgan fingerprint density at radius 3 is 2.47 bits per heavy atom. The van der Waals surface area contributed by atoms with Crippen molar-refractivity contribution in [2.24, 2.45) is 0 Å². The van der Waals surface area contributed by atoms with Crippen molar-refractivity contribution < 1.29 is 22.8 Å². The van der Waals surface area contributed by atoms with Crippen molar-refractivity contribution >= 4 is 5.69 Å². The number of aliphatic hydroxyl groups is 1. The highest BCUT2D eigenvalue weighted by molar-refractivity contribution is 5.69. The summed E-state index contributed by atoms with van der Waals surface area (Å²) < 4.78 is 46.1. The summed E-state index contributed by atoms with van der Waals surface area (Å²) in [7, 11) is 0. The van der Waals surface area contributed by atoms with Crippen LogP contribution in [0.4, 0.5) is 18.9 Å². The lowest BCUT2D eigenvalue weighted by atomic mass is 10.1. The Morgan fingerprint density at radius 2 is 1.78 bits per heavy atom. The molecule has 0 saturated carbocycles. The fourth-order valence-corrected chi connectivity index (χ4v) is 4.02. The fraction of sp³-hybridized carbons (Fsp3) is 0.217. The molecule has 1 unspecified atom stereocenters. The van der Waals surface area contributed by atoms with E-state index in [1.807, 2.05) is 37.3 Å². The van der Waals surface area contributed by atoms with Crippen LogP contribution in [-0.2, 0) is 6.18 Å². The van der Waals surface area contributed by atoms with Gasteiger partial charge < -0.3 is 14.5 Å². The molecule has 0 fully saturated rings. The maximum atomic E-state index is 12.9. The maximum Gasteiger partial charge on any atom is 0.416 e. The third-order valence-electron chi connectivity index (χ3n) is 5.62. The summed E-state index contributed by atoms with van der Waals surface area (Å²) in [6.07, 6.45) is -3.92. The number of alkyl halides is 3. The summed E-state index contributed by atoms with van der Waals surface area (Å²) in [5.74, 6) is 0.450. The van der Waals surface area contributed by atoms with E-state index in [2.05, 4.69) is 10.3 Å². The number of hydrogen-bond donors (Lipinski definition) is 1. The summed E-state index contributed by atoms with van der Waals surface area (Å²) in [6.45, 7) is 2.31. The minimum absolute atomic E-state index is 0.124. The molecule has 3 heterocycles. The highest BCUT2D eigenvalue weighted by Crippen LogP contribution is 2.40. The van der Waals surface area contributed by atoms with E-state index in [1.54, 1.807) is 21.8 Å². The van der Waals surface area contributed by atoms with Crippen LogP contribution in [0.25, 0.3) is 22.6 Å². The number of rotatable bonds is 3. The molecule has 5 rings (SSSR count). The van der Waals surface area contributed by atoms with Gasteiger partial charge in [0.15, 0.2) is 12.0 Å². The molecule has 1 N–H and O–H groups in total. The molecule has 1 aliphatic rings. The smallest absolute Gasteiger partial charge is 0.368 e. The van der Waals surface area contributed by atoms with E-state index >= 15 is 0 Å². The third-order valence-corrected chi connectivity index (χ3v) is 5.62. The van der Waals surface area contributed by atoms with Gasteiger partial charge in [0.05, 0.1) is 29.1 Å². The van der Waals surface area contributed by atoms with Crippen LogP contribution in [0.2, 0.25) is 0 Å². The highest BCUT2D eigenvalue weighted by Gasteiger charge is 2.35. The monoisotopic (exact) mass is 440 g/mol. The summed E-state index contributed by atoms with van der Waals surface area (Å²) in [5.41, 5.74) is 2.37. The van der Waals surface area contributed by atoms with E-state index in [4.69, 9.17) is 4.52 Å². The SMILES string of the molecule is C[C@H]1CN(c2ccc(C(F)(F)F)cc2)C(O)c2c(-c3cc(-c4ccccc4)no3)cnn21. The van der Waals surface area contributed by atoms with Gasteiger partial charge in [-0.05, 0) is 31.2 Å². The summed E-state index contributed by atoms with van der Waals surface area (Å²) in [6, 6.07) is 16.0. The van der Waals surface area contributed by atoms with Crippen LogP contribution in [0.3, 0.4) is 0 Å². The number of anilines is 1. The Balaban J connectivity index is 1.50.